The molecule has 1 aliphatic rings. The predicted octanol–water partition coefficient (Wildman–Crippen LogP) is 4.14. The lowest BCUT2D eigenvalue weighted by Crippen LogP contribution is -2.38. The topological polar surface area (TPSA) is 55.6 Å². The average molecular weight is 343 g/mol. The number of anilines is 1. The third kappa shape index (κ3) is 2.32. The number of ether oxygens (including phenoxy) is 1. The molecule has 2 aromatic heterocycles. The Hall–Kier alpha value is -2.53. The first kappa shape index (κ1) is 15.0. The van der Waals surface area contributed by atoms with Gasteiger partial charge in [0.15, 0.2) is 5.76 Å². The molecule has 0 saturated carbocycles. The highest BCUT2D eigenvalue weighted by Crippen LogP contribution is 2.34. The number of hydrogen-bond acceptors (Lipinski definition) is 4. The molecular formula is C18H15ClN2O3. The largest absolute Gasteiger partial charge is 0.474 e. The second kappa shape index (κ2) is 5.53. The maximum Gasteiger partial charge on any atom is 0.294 e. The first-order chi connectivity index (χ1) is 11.5. The van der Waals surface area contributed by atoms with Crippen molar-refractivity contribution in [1.82, 2.24) is 4.98 Å². The Balaban J connectivity index is 1.81. The van der Waals surface area contributed by atoms with Gasteiger partial charge in [-0.05, 0) is 43.7 Å². The number of fused-ring (bicyclic) bond motifs is 2. The average Bonchev–Trinajstić information content (AvgIpc) is 2.90. The van der Waals surface area contributed by atoms with E-state index in [-0.39, 0.29) is 5.91 Å². The van der Waals surface area contributed by atoms with Crippen molar-refractivity contribution >= 4 is 34.2 Å². The Morgan fingerprint density at radius 3 is 2.96 bits per heavy atom. The van der Waals surface area contributed by atoms with Crippen LogP contribution in [0.5, 0.6) is 5.88 Å². The van der Waals surface area contributed by atoms with Gasteiger partial charge in [0.2, 0.25) is 5.88 Å². The number of carbonyl (C=O) groups is 1. The van der Waals surface area contributed by atoms with Crippen molar-refractivity contribution in [3.63, 3.8) is 0 Å². The number of aromatic nitrogens is 1. The summed E-state index contributed by atoms with van der Waals surface area (Å²) in [6.07, 6.45) is 1.72. The van der Waals surface area contributed by atoms with Crippen LogP contribution in [0.3, 0.4) is 0 Å². The summed E-state index contributed by atoms with van der Waals surface area (Å²) in [4.78, 5) is 19.0. The van der Waals surface area contributed by atoms with Gasteiger partial charge in [0.1, 0.15) is 17.9 Å². The molecule has 1 aromatic carbocycles. The summed E-state index contributed by atoms with van der Waals surface area (Å²) < 4.78 is 11.3. The van der Waals surface area contributed by atoms with Crippen LogP contribution in [0.25, 0.3) is 11.0 Å². The fourth-order valence-corrected chi connectivity index (χ4v) is 3.10. The van der Waals surface area contributed by atoms with Gasteiger partial charge in [-0.2, -0.15) is 0 Å². The van der Waals surface area contributed by atoms with Crippen LogP contribution in [-0.4, -0.2) is 24.0 Å². The van der Waals surface area contributed by atoms with E-state index >= 15 is 0 Å². The molecule has 0 fully saturated rings. The van der Waals surface area contributed by atoms with Crippen molar-refractivity contribution in [2.45, 2.75) is 13.8 Å². The Bertz CT molecular complexity index is 964. The minimum atomic E-state index is -0.197. The minimum absolute atomic E-state index is 0.197. The Morgan fingerprint density at radius 1 is 1.29 bits per heavy atom. The van der Waals surface area contributed by atoms with E-state index in [1.807, 2.05) is 26.0 Å². The number of benzene rings is 1. The molecule has 1 aliphatic heterocycles. The molecule has 3 aromatic rings. The van der Waals surface area contributed by atoms with Crippen molar-refractivity contribution < 1.29 is 13.9 Å². The molecular weight excluding hydrogens is 328 g/mol. The van der Waals surface area contributed by atoms with E-state index in [0.29, 0.717) is 41.1 Å². The SMILES string of the molecule is Cc1cnc2c(c1)N(C(=O)c1oc3ccc(Cl)cc3c1C)CCO2. The van der Waals surface area contributed by atoms with Gasteiger partial charge < -0.3 is 9.15 Å². The molecule has 6 heteroatoms. The molecule has 122 valence electrons. The van der Waals surface area contributed by atoms with Gasteiger partial charge in [-0.15, -0.1) is 0 Å². The molecule has 0 saturated heterocycles. The second-order valence-electron chi connectivity index (χ2n) is 5.84. The summed E-state index contributed by atoms with van der Waals surface area (Å²) in [6, 6.07) is 7.23. The lowest BCUT2D eigenvalue weighted by atomic mass is 10.1. The maximum atomic E-state index is 13.1. The van der Waals surface area contributed by atoms with Crippen LogP contribution >= 0.6 is 11.6 Å². The number of amides is 1. The fraction of sp³-hybridized carbons (Fsp3) is 0.222. The molecule has 5 nitrogen and oxygen atoms in total. The lowest BCUT2D eigenvalue weighted by molar-refractivity contribution is 0.0950. The zero-order valence-corrected chi connectivity index (χ0v) is 14.1. The van der Waals surface area contributed by atoms with Crippen LogP contribution in [0.4, 0.5) is 5.69 Å². The van der Waals surface area contributed by atoms with E-state index in [4.69, 9.17) is 20.8 Å². The van der Waals surface area contributed by atoms with E-state index in [1.54, 1.807) is 23.2 Å². The fourth-order valence-electron chi connectivity index (χ4n) is 2.93. The van der Waals surface area contributed by atoms with Gasteiger partial charge in [0.05, 0.1) is 6.54 Å². The molecule has 3 heterocycles. The molecule has 24 heavy (non-hydrogen) atoms. The van der Waals surface area contributed by atoms with E-state index < -0.39 is 0 Å². The van der Waals surface area contributed by atoms with E-state index in [0.717, 1.165) is 16.5 Å². The van der Waals surface area contributed by atoms with Crippen molar-refractivity contribution in [2.24, 2.45) is 0 Å². The number of aryl methyl sites for hydroxylation is 2. The molecule has 0 radical (unpaired) electrons. The van der Waals surface area contributed by atoms with Crippen molar-refractivity contribution in [3.05, 3.63) is 52.4 Å². The lowest BCUT2D eigenvalue weighted by Gasteiger charge is -2.28. The van der Waals surface area contributed by atoms with Crippen molar-refractivity contribution in [1.29, 1.82) is 0 Å². The summed E-state index contributed by atoms with van der Waals surface area (Å²) >= 11 is 6.05. The summed E-state index contributed by atoms with van der Waals surface area (Å²) in [5.41, 5.74) is 3.07. The van der Waals surface area contributed by atoms with E-state index in [2.05, 4.69) is 4.98 Å². The standard InChI is InChI=1S/C18H15ClN2O3/c1-10-7-14-17(20-9-10)23-6-5-21(14)18(22)16-11(2)13-8-12(19)3-4-15(13)24-16/h3-4,7-9H,5-6H2,1-2H3. The van der Waals surface area contributed by atoms with Gasteiger partial charge >= 0.3 is 0 Å². The first-order valence-corrected chi connectivity index (χ1v) is 8.02. The van der Waals surface area contributed by atoms with Gasteiger partial charge in [0.25, 0.3) is 5.91 Å². The van der Waals surface area contributed by atoms with Crippen LogP contribution in [-0.2, 0) is 0 Å². The molecule has 0 aliphatic carbocycles. The number of rotatable bonds is 1. The monoisotopic (exact) mass is 342 g/mol. The molecule has 0 spiro atoms. The highest BCUT2D eigenvalue weighted by atomic mass is 35.5. The highest BCUT2D eigenvalue weighted by molar-refractivity contribution is 6.31. The zero-order chi connectivity index (χ0) is 16.8. The first-order valence-electron chi connectivity index (χ1n) is 7.64. The number of carbonyl (C=O) groups excluding carboxylic acids is 1. The van der Waals surface area contributed by atoms with E-state index in [9.17, 15) is 4.79 Å². The summed E-state index contributed by atoms with van der Waals surface area (Å²) in [5.74, 6) is 0.593. The minimum Gasteiger partial charge on any atom is -0.474 e. The highest BCUT2D eigenvalue weighted by Gasteiger charge is 2.29. The molecule has 0 bridgehead atoms. The number of hydrogen-bond donors (Lipinski definition) is 0. The van der Waals surface area contributed by atoms with Gasteiger partial charge in [0, 0.05) is 22.2 Å². The van der Waals surface area contributed by atoms with Gasteiger partial charge in [-0.3, -0.25) is 9.69 Å². The van der Waals surface area contributed by atoms with Crippen molar-refractivity contribution in [3.8, 4) is 5.88 Å². The molecule has 0 unspecified atom stereocenters. The molecule has 0 N–H and O–H groups in total. The van der Waals surface area contributed by atoms with E-state index in [1.165, 1.54) is 0 Å². The predicted molar refractivity (Wildman–Crippen MR) is 92.1 cm³/mol. The van der Waals surface area contributed by atoms with Crippen LogP contribution in [0, 0.1) is 13.8 Å². The Morgan fingerprint density at radius 2 is 2.12 bits per heavy atom. The zero-order valence-electron chi connectivity index (χ0n) is 13.3. The normalized spacial score (nSPS) is 13.7. The summed E-state index contributed by atoms with van der Waals surface area (Å²) in [6.45, 7) is 4.65. The van der Waals surface area contributed by atoms with Gasteiger partial charge in [-0.1, -0.05) is 11.6 Å². The molecule has 0 atom stereocenters. The summed E-state index contributed by atoms with van der Waals surface area (Å²) in [5, 5.41) is 1.46. The number of nitrogens with zero attached hydrogens (tertiary/aromatic N) is 2. The van der Waals surface area contributed by atoms with Gasteiger partial charge in [-0.25, -0.2) is 4.98 Å². The Kier molecular flexibility index (Phi) is 3.46. The Labute approximate surface area is 143 Å². The molecule has 4 rings (SSSR count). The van der Waals surface area contributed by atoms with Crippen LogP contribution < -0.4 is 9.64 Å². The number of pyridine rings is 1. The van der Waals surface area contributed by atoms with Crippen LogP contribution in [0.15, 0.2) is 34.9 Å². The third-order valence-corrected chi connectivity index (χ3v) is 4.39. The smallest absolute Gasteiger partial charge is 0.294 e. The molecule has 1 amide bonds. The number of halogens is 1. The quantitative estimate of drug-likeness (QED) is 0.667. The number of furan rings is 1. The van der Waals surface area contributed by atoms with Crippen LogP contribution in [0.2, 0.25) is 5.02 Å². The van der Waals surface area contributed by atoms with Crippen LogP contribution in [0.1, 0.15) is 21.7 Å². The third-order valence-electron chi connectivity index (χ3n) is 4.15. The second-order valence-corrected chi connectivity index (χ2v) is 6.28. The maximum absolute atomic E-state index is 13.1. The van der Waals surface area contributed by atoms with Crippen molar-refractivity contribution in [2.75, 3.05) is 18.1 Å². The summed E-state index contributed by atoms with van der Waals surface area (Å²) in [7, 11) is 0.